The van der Waals surface area contributed by atoms with Crippen molar-refractivity contribution in [1.82, 2.24) is 0 Å². The van der Waals surface area contributed by atoms with Crippen LogP contribution in [0.15, 0.2) is 134 Å². The van der Waals surface area contributed by atoms with Crippen molar-refractivity contribution >= 4 is 17.9 Å². The van der Waals surface area contributed by atoms with Crippen LogP contribution in [-0.2, 0) is 28.6 Å². The molecule has 0 saturated carbocycles. The highest BCUT2D eigenvalue weighted by Gasteiger charge is 2.19. The average molecular weight is 939 g/mol. The van der Waals surface area contributed by atoms with Crippen molar-refractivity contribution in [3.05, 3.63) is 134 Å². The first-order valence-corrected chi connectivity index (χ1v) is 27.2. The summed E-state index contributed by atoms with van der Waals surface area (Å²) < 4.78 is 16.8. The molecule has 1 atom stereocenters. The summed E-state index contributed by atoms with van der Waals surface area (Å²) in [6.07, 6.45) is 77.2. The van der Waals surface area contributed by atoms with Crippen molar-refractivity contribution in [3.63, 3.8) is 0 Å². The molecule has 0 rings (SSSR count). The Labute approximate surface area is 417 Å². The van der Waals surface area contributed by atoms with E-state index in [2.05, 4.69) is 154 Å². The van der Waals surface area contributed by atoms with Crippen molar-refractivity contribution in [2.24, 2.45) is 0 Å². The molecule has 68 heavy (non-hydrogen) atoms. The van der Waals surface area contributed by atoms with Gasteiger partial charge in [0.2, 0.25) is 0 Å². The maximum atomic E-state index is 12.8. The molecular formula is C62H98O6. The molecule has 6 heteroatoms. The molecule has 0 amide bonds. The van der Waals surface area contributed by atoms with E-state index in [1.54, 1.807) is 0 Å². The zero-order valence-corrected chi connectivity index (χ0v) is 43.6. The smallest absolute Gasteiger partial charge is 0.306 e. The van der Waals surface area contributed by atoms with E-state index >= 15 is 0 Å². The van der Waals surface area contributed by atoms with E-state index < -0.39 is 6.10 Å². The molecule has 0 aromatic carbocycles. The second-order valence-corrected chi connectivity index (χ2v) is 17.4. The van der Waals surface area contributed by atoms with Crippen molar-refractivity contribution < 1.29 is 28.6 Å². The summed E-state index contributed by atoms with van der Waals surface area (Å²) in [5.74, 6) is -0.995. The van der Waals surface area contributed by atoms with Crippen LogP contribution in [0.2, 0.25) is 0 Å². The minimum Gasteiger partial charge on any atom is -0.462 e. The van der Waals surface area contributed by atoms with Gasteiger partial charge in [0.25, 0.3) is 0 Å². The number of unbranched alkanes of at least 4 members (excludes halogenated alkanes) is 14. The van der Waals surface area contributed by atoms with Gasteiger partial charge in [0.05, 0.1) is 0 Å². The van der Waals surface area contributed by atoms with Crippen molar-refractivity contribution in [3.8, 4) is 0 Å². The van der Waals surface area contributed by atoms with Gasteiger partial charge in [0.15, 0.2) is 6.10 Å². The fourth-order valence-corrected chi connectivity index (χ4v) is 6.83. The summed E-state index contributed by atoms with van der Waals surface area (Å²) in [6, 6.07) is 0. The predicted octanol–water partition coefficient (Wildman–Crippen LogP) is 18.3. The first-order chi connectivity index (χ1) is 33.5. The normalized spacial score (nSPS) is 13.2. The lowest BCUT2D eigenvalue weighted by molar-refractivity contribution is -0.167. The monoisotopic (exact) mass is 939 g/mol. The first-order valence-electron chi connectivity index (χ1n) is 27.2. The number of hydrogen-bond donors (Lipinski definition) is 0. The molecule has 0 fully saturated rings. The highest BCUT2D eigenvalue weighted by molar-refractivity contribution is 5.71. The maximum absolute atomic E-state index is 12.8. The third-order valence-electron chi connectivity index (χ3n) is 10.9. The van der Waals surface area contributed by atoms with Crippen LogP contribution in [0.1, 0.15) is 220 Å². The number of esters is 3. The van der Waals surface area contributed by atoms with Gasteiger partial charge in [-0.25, -0.2) is 0 Å². The van der Waals surface area contributed by atoms with E-state index in [9.17, 15) is 14.4 Å². The second-order valence-electron chi connectivity index (χ2n) is 17.4. The van der Waals surface area contributed by atoms with E-state index in [4.69, 9.17) is 14.2 Å². The fraction of sp³-hybridized carbons (Fsp3) is 0.597. The van der Waals surface area contributed by atoms with Crippen LogP contribution in [0.5, 0.6) is 0 Å². The van der Waals surface area contributed by atoms with Gasteiger partial charge in [-0.05, 0) is 128 Å². The highest BCUT2D eigenvalue weighted by Crippen LogP contribution is 2.12. The van der Waals surface area contributed by atoms with Gasteiger partial charge >= 0.3 is 17.9 Å². The Kier molecular flexibility index (Phi) is 51.5. The van der Waals surface area contributed by atoms with Crippen molar-refractivity contribution in [2.75, 3.05) is 13.2 Å². The molecule has 0 aromatic rings. The van der Waals surface area contributed by atoms with Crippen LogP contribution < -0.4 is 0 Å². The number of allylic oxidation sites excluding steroid dienone is 22. The molecule has 0 heterocycles. The molecule has 0 radical (unpaired) electrons. The summed E-state index contributed by atoms with van der Waals surface area (Å²) in [6.45, 7) is 6.29. The standard InChI is InChI=1S/C62H98O6/c1-4-7-10-13-16-19-22-25-28-29-30-31-32-33-35-37-40-43-46-49-52-55-61(64)67-58-59(57-66-60(63)54-51-48-45-42-39-36-27-24-21-18-15-12-9-6-3)68-62(65)56-53-50-47-44-41-38-34-26-23-20-17-14-11-8-5-2/h7-8,10-11,15-20,24-28,30-31,33-35,41,44,59H,4-6,9,12-14,21-23,29,32,36-40,42-43,45-58H2,1-3H3/b10-7-,11-8-,18-15-,19-16-,20-17-,27-24-,28-25-,31-30-,34-26-,35-33-,44-41-. The van der Waals surface area contributed by atoms with E-state index in [0.717, 1.165) is 154 Å². The van der Waals surface area contributed by atoms with E-state index in [1.165, 1.54) is 19.3 Å². The topological polar surface area (TPSA) is 78.9 Å². The molecule has 0 bridgehead atoms. The Balaban J connectivity index is 4.51. The molecule has 382 valence electrons. The molecule has 1 unspecified atom stereocenters. The zero-order chi connectivity index (χ0) is 49.3. The van der Waals surface area contributed by atoms with E-state index in [0.29, 0.717) is 19.3 Å². The minimum atomic E-state index is -0.819. The SMILES string of the molecule is CC/C=C\C/C=C\C/C=C\C/C=C\C/C=C\CCCCCCCC(=O)OCC(COC(=O)CCCCCCC/C=C\C/C=C\CCCC)OC(=O)CCCC/C=C\C/C=C\C/C=C\C/C=C\CC. The van der Waals surface area contributed by atoms with Crippen molar-refractivity contribution in [1.29, 1.82) is 0 Å². The molecule has 0 aromatic heterocycles. The van der Waals surface area contributed by atoms with Crippen LogP contribution >= 0.6 is 0 Å². The summed E-state index contributed by atoms with van der Waals surface area (Å²) in [4.78, 5) is 38.1. The van der Waals surface area contributed by atoms with Crippen LogP contribution in [0.25, 0.3) is 0 Å². The lowest BCUT2D eigenvalue weighted by Crippen LogP contribution is -2.30. The van der Waals surface area contributed by atoms with Gasteiger partial charge in [0, 0.05) is 19.3 Å². The average Bonchev–Trinajstić information content (AvgIpc) is 3.34. The third kappa shape index (κ3) is 52.5. The summed E-state index contributed by atoms with van der Waals surface area (Å²) in [7, 11) is 0. The van der Waals surface area contributed by atoms with Gasteiger partial charge in [-0.15, -0.1) is 0 Å². The Hall–Kier alpha value is -4.45. The molecule has 6 nitrogen and oxygen atoms in total. The van der Waals surface area contributed by atoms with E-state index in [1.807, 2.05) is 0 Å². The third-order valence-corrected chi connectivity index (χ3v) is 10.9. The lowest BCUT2D eigenvalue weighted by Gasteiger charge is -2.18. The maximum Gasteiger partial charge on any atom is 0.306 e. The van der Waals surface area contributed by atoms with Crippen LogP contribution in [0.4, 0.5) is 0 Å². The van der Waals surface area contributed by atoms with E-state index in [-0.39, 0.29) is 37.5 Å². The minimum absolute atomic E-state index is 0.113. The number of hydrogen-bond acceptors (Lipinski definition) is 6. The lowest BCUT2D eigenvalue weighted by atomic mass is 10.1. The molecular weight excluding hydrogens is 841 g/mol. The van der Waals surface area contributed by atoms with Crippen LogP contribution in [-0.4, -0.2) is 37.2 Å². The molecule has 0 aliphatic rings. The largest absolute Gasteiger partial charge is 0.462 e. The van der Waals surface area contributed by atoms with Crippen LogP contribution in [0.3, 0.4) is 0 Å². The quantitative estimate of drug-likeness (QED) is 0.0262. The molecule has 0 aliphatic carbocycles. The Morgan fingerprint density at radius 1 is 0.309 bits per heavy atom. The highest BCUT2D eigenvalue weighted by atomic mass is 16.6. The van der Waals surface area contributed by atoms with Gasteiger partial charge in [-0.2, -0.15) is 0 Å². The summed E-state index contributed by atoms with van der Waals surface area (Å²) in [5, 5.41) is 0. The van der Waals surface area contributed by atoms with Gasteiger partial charge in [-0.3, -0.25) is 14.4 Å². The number of rotatable bonds is 47. The first kappa shape index (κ1) is 63.5. The van der Waals surface area contributed by atoms with Gasteiger partial charge in [-0.1, -0.05) is 206 Å². The van der Waals surface area contributed by atoms with Gasteiger partial charge in [0.1, 0.15) is 13.2 Å². The summed E-state index contributed by atoms with van der Waals surface area (Å²) >= 11 is 0. The van der Waals surface area contributed by atoms with Crippen molar-refractivity contribution in [2.45, 2.75) is 226 Å². The molecule has 0 N–H and O–H groups in total. The number of ether oxygens (including phenoxy) is 3. The van der Waals surface area contributed by atoms with Gasteiger partial charge < -0.3 is 14.2 Å². The Morgan fingerprint density at radius 3 is 0.926 bits per heavy atom. The number of carbonyl (C=O) groups excluding carboxylic acids is 3. The Morgan fingerprint density at radius 2 is 0.574 bits per heavy atom. The number of carbonyl (C=O) groups is 3. The zero-order valence-electron chi connectivity index (χ0n) is 43.6. The second kappa shape index (κ2) is 55.1. The van der Waals surface area contributed by atoms with Crippen LogP contribution in [0, 0.1) is 0 Å². The summed E-state index contributed by atoms with van der Waals surface area (Å²) in [5.41, 5.74) is 0. The predicted molar refractivity (Wildman–Crippen MR) is 292 cm³/mol. The molecule has 0 saturated heterocycles. The Bertz CT molecular complexity index is 1500. The fourth-order valence-electron chi connectivity index (χ4n) is 6.83. The molecule has 0 spiro atoms. The molecule has 0 aliphatic heterocycles.